The van der Waals surface area contributed by atoms with Gasteiger partial charge in [-0.15, -0.1) is 0 Å². The summed E-state index contributed by atoms with van der Waals surface area (Å²) in [6.45, 7) is 8.39. The van der Waals surface area contributed by atoms with Gasteiger partial charge >= 0.3 is 11.9 Å². The van der Waals surface area contributed by atoms with Crippen molar-refractivity contribution >= 4 is 39.5 Å². The Balaban J connectivity index is 2.02. The Kier molecular flexibility index (Phi) is 14.6. The quantitative estimate of drug-likeness (QED) is 0.0899. The number of aliphatic carboxylic acids is 1. The lowest BCUT2D eigenvalue weighted by molar-refractivity contribution is -0.174. The molecule has 0 aromatic heterocycles. The number of carboxylic acid groups (broad SMARTS) is 1. The number of anilines is 1. The van der Waals surface area contributed by atoms with Crippen molar-refractivity contribution in [2.24, 2.45) is 11.3 Å². The predicted octanol–water partition coefficient (Wildman–Crippen LogP) is 0.779. The molecule has 2 amide bonds. The number of nitrogens with one attached hydrogen (secondary N) is 3. The van der Waals surface area contributed by atoms with E-state index >= 15 is 0 Å². The number of esters is 1. The van der Waals surface area contributed by atoms with Gasteiger partial charge in [-0.25, -0.2) is 13.1 Å². The lowest BCUT2D eigenvalue weighted by Gasteiger charge is -2.38. The summed E-state index contributed by atoms with van der Waals surface area (Å²) in [4.78, 5) is 48.8. The van der Waals surface area contributed by atoms with E-state index < -0.39 is 63.6 Å². The molecule has 1 aliphatic rings. The second-order valence-electron chi connectivity index (χ2n) is 12.0. The van der Waals surface area contributed by atoms with Crippen LogP contribution in [0, 0.1) is 11.3 Å². The number of carbonyl (C=O) groups is 4. The molecule has 5 atom stereocenters. The van der Waals surface area contributed by atoms with Crippen LogP contribution in [0.5, 0.6) is 5.75 Å². The Bertz CT molecular complexity index is 1340. The van der Waals surface area contributed by atoms with Gasteiger partial charge in [0.1, 0.15) is 30.7 Å². The summed E-state index contributed by atoms with van der Waals surface area (Å²) in [6, 6.07) is 4.46. The monoisotopic (exact) mass is 671 g/mol. The first-order chi connectivity index (χ1) is 21.4. The fourth-order valence-corrected chi connectivity index (χ4v) is 4.97. The maximum absolute atomic E-state index is 12.8. The lowest BCUT2D eigenvalue weighted by atomic mass is 9.80. The van der Waals surface area contributed by atoms with Crippen LogP contribution in [0.2, 0.25) is 0 Å². The number of hydrogen-bond acceptors (Lipinski definition) is 11. The second-order valence-corrected chi connectivity index (χ2v) is 13.7. The molecular weight excluding hydrogens is 626 g/mol. The van der Waals surface area contributed by atoms with Gasteiger partial charge in [-0.1, -0.05) is 19.1 Å². The fraction of sp³-hybridized carbons (Fsp3) is 0.600. The van der Waals surface area contributed by atoms with Gasteiger partial charge in [-0.05, 0) is 51.3 Å². The third-order valence-electron chi connectivity index (χ3n) is 7.15. The average molecular weight is 672 g/mol. The number of unbranched alkanes of at least 4 members (excludes halogenated alkanes) is 2. The Hall–Kier alpha value is -3.57. The standard InChI is InChI=1S/C30H45N3O12S/c1-5-46(42,43)32-13-8-6-7-9-23(34)31-14-12-24(35)33-20-15-18(17-44-29(41)30(2,3)4)10-11-21(20)45-22-16-19(28(39)40)25(36)27(38)26(22)37/h5,10-11,15,19,22,25-27,32,36-38H,1,6-9,12-14,16-17H2,2-4H3,(H,31,34)(H,33,35)(H,39,40)/t19-,22+,25+,26-,27-/m0/s1. The fourth-order valence-electron chi connectivity index (χ4n) is 4.43. The number of benzene rings is 1. The molecule has 0 heterocycles. The number of carbonyl (C=O) groups excluding carboxylic acids is 3. The second kappa shape index (κ2) is 17.4. The summed E-state index contributed by atoms with van der Waals surface area (Å²) in [5.41, 5.74) is -0.166. The smallest absolute Gasteiger partial charge is 0.311 e. The first kappa shape index (κ1) is 38.6. The van der Waals surface area contributed by atoms with Crippen LogP contribution < -0.4 is 20.1 Å². The molecule has 1 aromatic rings. The highest BCUT2D eigenvalue weighted by Crippen LogP contribution is 2.33. The van der Waals surface area contributed by atoms with Crippen LogP contribution >= 0.6 is 0 Å². The van der Waals surface area contributed by atoms with Crippen LogP contribution in [0.25, 0.3) is 0 Å². The summed E-state index contributed by atoms with van der Waals surface area (Å²) < 4.78 is 36.2. The molecule has 1 aliphatic carbocycles. The zero-order chi connectivity index (χ0) is 34.7. The van der Waals surface area contributed by atoms with Gasteiger partial charge in [0, 0.05) is 37.8 Å². The van der Waals surface area contributed by atoms with E-state index in [1.165, 1.54) is 12.1 Å². The summed E-state index contributed by atoms with van der Waals surface area (Å²) in [7, 11) is -3.49. The SMILES string of the molecule is C=CS(=O)(=O)NCCCCCC(=O)NCCC(=O)Nc1cc(COC(=O)C(C)(C)C)ccc1O[C@@H]1C[C@H](C(=O)O)[C@@H](O)[C@H](O)[C@H]1O. The number of hydrogen-bond donors (Lipinski definition) is 7. The van der Waals surface area contributed by atoms with Crippen LogP contribution in [0.1, 0.15) is 64.9 Å². The summed E-state index contributed by atoms with van der Waals surface area (Å²) in [5, 5.41) is 46.3. The number of aliphatic hydroxyl groups excluding tert-OH is 3. The van der Waals surface area contributed by atoms with E-state index in [4.69, 9.17) is 9.47 Å². The minimum absolute atomic E-state index is 0.00852. The molecule has 0 saturated heterocycles. The largest absolute Gasteiger partial charge is 0.485 e. The Morgan fingerprint density at radius 3 is 2.30 bits per heavy atom. The number of carboxylic acids is 1. The molecule has 0 aliphatic heterocycles. The van der Waals surface area contributed by atoms with Crippen molar-refractivity contribution in [1.29, 1.82) is 0 Å². The van der Waals surface area contributed by atoms with Gasteiger partial charge in [0.05, 0.1) is 23.1 Å². The summed E-state index contributed by atoms with van der Waals surface area (Å²) >= 11 is 0. The normalized spacial score (nSPS) is 21.6. The van der Waals surface area contributed by atoms with E-state index in [1.807, 2.05) is 0 Å². The molecule has 0 radical (unpaired) electrons. The first-order valence-electron chi connectivity index (χ1n) is 14.9. The highest BCUT2D eigenvalue weighted by molar-refractivity contribution is 7.92. The van der Waals surface area contributed by atoms with Gasteiger partial charge in [0.2, 0.25) is 21.8 Å². The number of amides is 2. The van der Waals surface area contributed by atoms with E-state index in [1.54, 1.807) is 26.8 Å². The molecule has 7 N–H and O–H groups in total. The average Bonchev–Trinajstić information content (AvgIpc) is 2.98. The zero-order valence-electron chi connectivity index (χ0n) is 26.2. The highest BCUT2D eigenvalue weighted by atomic mass is 32.2. The molecule has 0 bridgehead atoms. The van der Waals surface area contributed by atoms with Crippen LogP contribution in [-0.4, -0.2) is 90.1 Å². The molecule has 0 unspecified atom stereocenters. The van der Waals surface area contributed by atoms with E-state index in [2.05, 4.69) is 21.9 Å². The number of aliphatic hydroxyl groups is 3. The molecular formula is C30H45N3O12S. The van der Waals surface area contributed by atoms with Gasteiger partial charge in [-0.2, -0.15) is 0 Å². The molecule has 2 rings (SSSR count). The Morgan fingerprint density at radius 2 is 1.67 bits per heavy atom. The molecule has 15 nitrogen and oxygen atoms in total. The van der Waals surface area contributed by atoms with Gasteiger partial charge in [-0.3, -0.25) is 19.2 Å². The predicted molar refractivity (Wildman–Crippen MR) is 166 cm³/mol. The van der Waals surface area contributed by atoms with Crippen molar-refractivity contribution in [3.8, 4) is 5.75 Å². The number of sulfonamides is 1. The Morgan fingerprint density at radius 1 is 0.978 bits per heavy atom. The molecule has 258 valence electrons. The maximum Gasteiger partial charge on any atom is 0.311 e. The third kappa shape index (κ3) is 12.3. The molecule has 1 fully saturated rings. The van der Waals surface area contributed by atoms with Crippen LogP contribution in [-0.2, 0) is 40.5 Å². The van der Waals surface area contributed by atoms with Crippen LogP contribution in [0.3, 0.4) is 0 Å². The summed E-state index contributed by atoms with van der Waals surface area (Å²) in [6.07, 6.45) is -4.99. The molecule has 1 saturated carbocycles. The van der Waals surface area contributed by atoms with E-state index in [9.17, 15) is 48.0 Å². The van der Waals surface area contributed by atoms with Gasteiger partial charge in [0.25, 0.3) is 0 Å². The number of ether oxygens (including phenoxy) is 2. The third-order valence-corrected chi connectivity index (χ3v) is 8.20. The van der Waals surface area contributed by atoms with Crippen molar-refractivity contribution < 1.29 is 57.5 Å². The Labute approximate surface area is 268 Å². The molecule has 1 aromatic carbocycles. The zero-order valence-corrected chi connectivity index (χ0v) is 27.0. The lowest BCUT2D eigenvalue weighted by Crippen LogP contribution is -2.57. The molecule has 46 heavy (non-hydrogen) atoms. The van der Waals surface area contributed by atoms with Crippen LogP contribution in [0.4, 0.5) is 5.69 Å². The van der Waals surface area contributed by atoms with Crippen molar-refractivity contribution in [3.05, 3.63) is 35.7 Å². The van der Waals surface area contributed by atoms with Crippen LogP contribution in [0.15, 0.2) is 30.2 Å². The molecule has 0 spiro atoms. The molecule has 16 heteroatoms. The minimum atomic E-state index is -3.49. The van der Waals surface area contributed by atoms with Crippen molar-refractivity contribution in [1.82, 2.24) is 10.0 Å². The van der Waals surface area contributed by atoms with Crippen molar-refractivity contribution in [2.45, 2.75) is 90.3 Å². The van der Waals surface area contributed by atoms with Crippen molar-refractivity contribution in [2.75, 3.05) is 18.4 Å². The van der Waals surface area contributed by atoms with Gasteiger partial charge < -0.3 is 40.5 Å². The maximum atomic E-state index is 12.8. The van der Waals surface area contributed by atoms with E-state index in [0.29, 0.717) is 24.8 Å². The van der Waals surface area contributed by atoms with E-state index in [-0.39, 0.29) is 56.3 Å². The van der Waals surface area contributed by atoms with Gasteiger partial charge in [0.15, 0.2) is 0 Å². The highest BCUT2D eigenvalue weighted by Gasteiger charge is 2.47. The van der Waals surface area contributed by atoms with E-state index in [0.717, 1.165) is 5.41 Å². The topological polar surface area (TPSA) is 238 Å². The summed E-state index contributed by atoms with van der Waals surface area (Å²) in [5.74, 6) is -4.03. The number of rotatable bonds is 17. The first-order valence-corrected chi connectivity index (χ1v) is 16.4. The van der Waals surface area contributed by atoms with Crippen molar-refractivity contribution in [3.63, 3.8) is 0 Å². The minimum Gasteiger partial charge on any atom is -0.485 e.